The van der Waals surface area contributed by atoms with Crippen LogP contribution in [0.3, 0.4) is 0 Å². The van der Waals surface area contributed by atoms with Crippen LogP contribution in [-0.4, -0.2) is 12.2 Å². The number of nitrogens with one attached hydrogen (secondary N) is 1. The minimum atomic E-state index is -0.0310. The maximum absolute atomic E-state index is 10.8. The summed E-state index contributed by atoms with van der Waals surface area (Å²) in [6.07, 6.45) is 1.99. The van der Waals surface area contributed by atoms with Crippen molar-refractivity contribution >= 4 is 23.4 Å². The molecule has 3 heteroatoms. The van der Waals surface area contributed by atoms with Gasteiger partial charge in [0, 0.05) is 11.8 Å². The zero-order valence-electron chi connectivity index (χ0n) is 9.13. The van der Waals surface area contributed by atoms with Crippen molar-refractivity contribution in [2.75, 3.05) is 11.6 Å². The van der Waals surface area contributed by atoms with Gasteiger partial charge >= 0.3 is 0 Å². The summed E-state index contributed by atoms with van der Waals surface area (Å²) in [6.45, 7) is 5.51. The first kappa shape index (κ1) is 13.0. The molecule has 0 saturated heterocycles. The summed E-state index contributed by atoms with van der Waals surface area (Å²) >= 11 is 1.62. The van der Waals surface area contributed by atoms with Gasteiger partial charge in [-0.05, 0) is 18.4 Å². The molecule has 1 amide bonds. The fourth-order valence-corrected chi connectivity index (χ4v) is 1.49. The summed E-state index contributed by atoms with van der Waals surface area (Å²) in [7, 11) is 0. The number of hydrogen-bond donors (Lipinski definition) is 1. The van der Waals surface area contributed by atoms with Gasteiger partial charge in [0.1, 0.15) is 0 Å². The van der Waals surface area contributed by atoms with Gasteiger partial charge < -0.3 is 5.32 Å². The third-order valence-electron chi connectivity index (χ3n) is 1.42. The molecule has 14 heavy (non-hydrogen) atoms. The minimum Gasteiger partial charge on any atom is -0.325 e. The van der Waals surface area contributed by atoms with Gasteiger partial charge in [0.15, 0.2) is 0 Å². The van der Waals surface area contributed by atoms with Crippen LogP contribution in [0.5, 0.6) is 0 Å². The van der Waals surface area contributed by atoms with Crippen LogP contribution in [0.25, 0.3) is 0 Å². The Labute approximate surface area is 90.1 Å². The summed E-state index contributed by atoms with van der Waals surface area (Å²) in [5.41, 5.74) is 0.887. The van der Waals surface area contributed by atoms with Crippen LogP contribution < -0.4 is 5.32 Å². The molecule has 1 aromatic carbocycles. The molecule has 0 aliphatic heterocycles. The third-order valence-corrected chi connectivity index (χ3v) is 2.21. The molecule has 0 unspecified atom stereocenters. The van der Waals surface area contributed by atoms with Crippen LogP contribution in [-0.2, 0) is 4.79 Å². The van der Waals surface area contributed by atoms with Gasteiger partial charge in [0.05, 0.1) is 5.69 Å². The lowest BCUT2D eigenvalue weighted by Gasteiger charge is -2.05. The van der Waals surface area contributed by atoms with Crippen molar-refractivity contribution in [3.63, 3.8) is 0 Å². The maximum Gasteiger partial charge on any atom is 0.221 e. The lowest BCUT2D eigenvalue weighted by atomic mass is 10.3. The van der Waals surface area contributed by atoms with Crippen molar-refractivity contribution in [1.82, 2.24) is 0 Å². The topological polar surface area (TPSA) is 29.1 Å². The van der Waals surface area contributed by atoms with Gasteiger partial charge in [-0.1, -0.05) is 26.0 Å². The van der Waals surface area contributed by atoms with Crippen molar-refractivity contribution in [2.24, 2.45) is 0 Å². The Bertz CT molecular complexity index is 286. The molecule has 0 spiro atoms. The molecule has 0 bridgehead atoms. The van der Waals surface area contributed by atoms with Crippen LogP contribution in [0.1, 0.15) is 20.8 Å². The van der Waals surface area contributed by atoms with Crippen molar-refractivity contribution in [3.05, 3.63) is 24.3 Å². The van der Waals surface area contributed by atoms with Crippen LogP contribution in [0.4, 0.5) is 5.69 Å². The van der Waals surface area contributed by atoms with E-state index >= 15 is 0 Å². The second-order valence-electron chi connectivity index (χ2n) is 2.38. The van der Waals surface area contributed by atoms with E-state index in [0.29, 0.717) is 0 Å². The number of anilines is 1. The highest BCUT2D eigenvalue weighted by molar-refractivity contribution is 7.98. The van der Waals surface area contributed by atoms with E-state index in [1.54, 1.807) is 11.8 Å². The van der Waals surface area contributed by atoms with E-state index in [1.165, 1.54) is 6.92 Å². The SMILES string of the molecule is CC.CSc1ccccc1NC(C)=O. The Morgan fingerprint density at radius 2 is 1.86 bits per heavy atom. The van der Waals surface area contributed by atoms with E-state index in [9.17, 15) is 4.79 Å². The minimum absolute atomic E-state index is 0.0310. The van der Waals surface area contributed by atoms with Gasteiger partial charge in [-0.15, -0.1) is 11.8 Å². The van der Waals surface area contributed by atoms with Crippen LogP contribution >= 0.6 is 11.8 Å². The highest BCUT2D eigenvalue weighted by Crippen LogP contribution is 2.24. The molecule has 0 radical (unpaired) electrons. The molecule has 0 fully saturated rings. The fraction of sp³-hybridized carbons (Fsp3) is 0.364. The Morgan fingerprint density at radius 3 is 2.36 bits per heavy atom. The average Bonchev–Trinajstić information content (AvgIpc) is 2.21. The standard InChI is InChI=1S/C9H11NOS.C2H6/c1-7(11)10-8-5-3-4-6-9(8)12-2;1-2/h3-6H,1-2H3,(H,10,11);1-2H3. The number of amides is 1. The molecule has 0 atom stereocenters. The number of hydrogen-bond acceptors (Lipinski definition) is 2. The van der Waals surface area contributed by atoms with Gasteiger partial charge in [-0.25, -0.2) is 0 Å². The predicted molar refractivity (Wildman–Crippen MR) is 63.9 cm³/mol. The van der Waals surface area contributed by atoms with Gasteiger partial charge in [-0.3, -0.25) is 4.79 Å². The second-order valence-corrected chi connectivity index (χ2v) is 3.23. The first-order valence-corrected chi connectivity index (χ1v) is 5.87. The summed E-state index contributed by atoms with van der Waals surface area (Å²) < 4.78 is 0. The number of carbonyl (C=O) groups is 1. The molecular weight excluding hydrogens is 194 g/mol. The Kier molecular flexibility index (Phi) is 6.93. The average molecular weight is 211 g/mol. The van der Waals surface area contributed by atoms with Gasteiger partial charge in [-0.2, -0.15) is 0 Å². The Morgan fingerprint density at radius 1 is 1.29 bits per heavy atom. The van der Waals surface area contributed by atoms with E-state index in [1.807, 2.05) is 44.4 Å². The zero-order valence-corrected chi connectivity index (χ0v) is 9.94. The van der Waals surface area contributed by atoms with Crippen LogP contribution in [0, 0.1) is 0 Å². The Hall–Kier alpha value is -0.960. The molecule has 1 N–H and O–H groups in total. The van der Waals surface area contributed by atoms with Crippen molar-refractivity contribution in [1.29, 1.82) is 0 Å². The summed E-state index contributed by atoms with van der Waals surface area (Å²) in [5, 5.41) is 2.76. The van der Waals surface area contributed by atoms with Crippen LogP contribution in [0.15, 0.2) is 29.2 Å². The number of benzene rings is 1. The normalized spacial score (nSPS) is 8.57. The second kappa shape index (κ2) is 7.44. The lowest BCUT2D eigenvalue weighted by molar-refractivity contribution is -0.114. The molecule has 0 aromatic heterocycles. The molecule has 0 aliphatic rings. The first-order chi connectivity index (χ1) is 6.74. The fourth-order valence-electron chi connectivity index (χ4n) is 0.938. The van der Waals surface area contributed by atoms with Gasteiger partial charge in [0.2, 0.25) is 5.91 Å². The quantitative estimate of drug-likeness (QED) is 0.760. The third kappa shape index (κ3) is 4.33. The molecule has 1 rings (SSSR count). The highest BCUT2D eigenvalue weighted by Gasteiger charge is 2.00. The summed E-state index contributed by atoms with van der Waals surface area (Å²) in [4.78, 5) is 11.9. The van der Waals surface area contributed by atoms with E-state index in [0.717, 1.165) is 10.6 Å². The smallest absolute Gasteiger partial charge is 0.221 e. The van der Waals surface area contributed by atoms with E-state index in [-0.39, 0.29) is 5.91 Å². The molecular formula is C11H17NOS. The van der Waals surface area contributed by atoms with E-state index in [4.69, 9.17) is 0 Å². The molecule has 0 heterocycles. The van der Waals surface area contributed by atoms with Gasteiger partial charge in [0.25, 0.3) is 0 Å². The van der Waals surface area contributed by atoms with Crippen LogP contribution in [0.2, 0.25) is 0 Å². The largest absolute Gasteiger partial charge is 0.325 e. The molecule has 2 nitrogen and oxygen atoms in total. The van der Waals surface area contributed by atoms with E-state index in [2.05, 4.69) is 5.32 Å². The van der Waals surface area contributed by atoms with Crippen molar-refractivity contribution in [3.8, 4) is 0 Å². The first-order valence-electron chi connectivity index (χ1n) is 4.64. The summed E-state index contributed by atoms with van der Waals surface area (Å²) in [5.74, 6) is -0.0310. The lowest BCUT2D eigenvalue weighted by Crippen LogP contribution is -2.06. The van der Waals surface area contributed by atoms with E-state index < -0.39 is 0 Å². The molecule has 0 aliphatic carbocycles. The molecule has 0 saturated carbocycles. The number of carbonyl (C=O) groups excluding carboxylic acids is 1. The number of para-hydroxylation sites is 1. The molecule has 1 aromatic rings. The number of rotatable bonds is 2. The monoisotopic (exact) mass is 211 g/mol. The predicted octanol–water partition coefficient (Wildman–Crippen LogP) is 3.39. The Balaban J connectivity index is 0.000000791. The summed E-state index contributed by atoms with van der Waals surface area (Å²) in [6, 6.07) is 7.74. The number of thioether (sulfide) groups is 1. The maximum atomic E-state index is 10.8. The zero-order chi connectivity index (χ0) is 11.0. The highest BCUT2D eigenvalue weighted by atomic mass is 32.2. The van der Waals surface area contributed by atoms with Crippen molar-refractivity contribution in [2.45, 2.75) is 25.7 Å². The molecule has 78 valence electrons. The van der Waals surface area contributed by atoms with Crippen molar-refractivity contribution < 1.29 is 4.79 Å².